The van der Waals surface area contributed by atoms with Crippen LogP contribution >= 0.6 is 12.4 Å². The molecule has 3 rings (SSSR count). The van der Waals surface area contributed by atoms with Gasteiger partial charge in [0.2, 0.25) is 5.91 Å². The third kappa shape index (κ3) is 4.04. The van der Waals surface area contributed by atoms with Gasteiger partial charge in [0.05, 0.1) is 6.04 Å². The van der Waals surface area contributed by atoms with Crippen molar-refractivity contribution >= 4 is 18.3 Å². The molecule has 0 spiro atoms. The van der Waals surface area contributed by atoms with Crippen LogP contribution in [0.5, 0.6) is 0 Å². The molecule has 23 heavy (non-hydrogen) atoms. The fourth-order valence-electron chi connectivity index (χ4n) is 4.16. The summed E-state index contributed by atoms with van der Waals surface area (Å²) < 4.78 is 0. The highest BCUT2D eigenvalue weighted by atomic mass is 35.5. The number of amides is 1. The highest BCUT2D eigenvalue weighted by Gasteiger charge is 2.37. The van der Waals surface area contributed by atoms with Gasteiger partial charge >= 0.3 is 0 Å². The summed E-state index contributed by atoms with van der Waals surface area (Å²) in [5.74, 6) is 0.873. The smallest absolute Gasteiger partial charge is 0.226 e. The molecule has 2 aliphatic rings. The Hall–Kier alpha value is -1.13. The number of likely N-dealkylation sites (tertiary alicyclic amines) is 1. The van der Waals surface area contributed by atoms with Crippen molar-refractivity contribution in [2.75, 3.05) is 13.1 Å². The predicted molar refractivity (Wildman–Crippen MR) is 94.3 cm³/mol. The van der Waals surface area contributed by atoms with Crippen LogP contribution in [0.3, 0.4) is 0 Å². The Morgan fingerprint density at radius 1 is 1.13 bits per heavy atom. The first-order valence-electron chi connectivity index (χ1n) is 8.71. The molecule has 5 heteroatoms. The van der Waals surface area contributed by atoms with Gasteiger partial charge in [-0.15, -0.1) is 12.4 Å². The number of carbonyl (C=O) groups is 1. The van der Waals surface area contributed by atoms with E-state index in [2.05, 4.69) is 22.0 Å². The van der Waals surface area contributed by atoms with E-state index in [1.807, 2.05) is 12.4 Å². The molecular weight excluding hydrogens is 310 g/mol. The van der Waals surface area contributed by atoms with Crippen molar-refractivity contribution in [1.82, 2.24) is 9.88 Å². The highest BCUT2D eigenvalue weighted by molar-refractivity contribution is 5.85. The van der Waals surface area contributed by atoms with Crippen LogP contribution in [-0.2, 0) is 4.79 Å². The van der Waals surface area contributed by atoms with Crippen LogP contribution in [-0.4, -0.2) is 28.9 Å². The average molecular weight is 338 g/mol. The van der Waals surface area contributed by atoms with Crippen LogP contribution in [0, 0.1) is 11.8 Å². The molecular formula is C18H28ClN3O. The van der Waals surface area contributed by atoms with E-state index in [9.17, 15) is 4.79 Å². The Morgan fingerprint density at radius 2 is 1.91 bits per heavy atom. The largest absolute Gasteiger partial charge is 0.335 e. The van der Waals surface area contributed by atoms with E-state index in [0.29, 0.717) is 18.4 Å². The van der Waals surface area contributed by atoms with E-state index in [-0.39, 0.29) is 24.4 Å². The molecule has 3 atom stereocenters. The minimum Gasteiger partial charge on any atom is -0.335 e. The van der Waals surface area contributed by atoms with E-state index in [0.717, 1.165) is 38.6 Å². The van der Waals surface area contributed by atoms with Gasteiger partial charge in [-0.2, -0.15) is 0 Å². The lowest BCUT2D eigenvalue weighted by atomic mass is 9.93. The lowest BCUT2D eigenvalue weighted by Gasteiger charge is -2.34. The fourth-order valence-corrected chi connectivity index (χ4v) is 4.16. The summed E-state index contributed by atoms with van der Waals surface area (Å²) in [6, 6.07) is 4.34. The minimum absolute atomic E-state index is 0. The summed E-state index contributed by atoms with van der Waals surface area (Å²) in [4.78, 5) is 19.4. The van der Waals surface area contributed by atoms with Gasteiger partial charge in [0.1, 0.15) is 0 Å². The Kier molecular flexibility index (Phi) is 6.85. The Morgan fingerprint density at radius 3 is 2.65 bits per heavy atom. The third-order valence-electron chi connectivity index (χ3n) is 5.41. The quantitative estimate of drug-likeness (QED) is 0.920. The molecule has 1 aromatic heterocycles. The molecule has 1 saturated heterocycles. The monoisotopic (exact) mass is 337 g/mol. The SMILES string of the molecule is Cl.NC[C@H]1CCC[C@H]1C(=O)N1CCCCCC1c1ccncc1. The predicted octanol–water partition coefficient (Wildman–Crippen LogP) is 3.32. The zero-order valence-electron chi connectivity index (χ0n) is 13.7. The summed E-state index contributed by atoms with van der Waals surface area (Å²) in [6.07, 6.45) is 11.5. The number of aromatic nitrogens is 1. The number of halogens is 1. The number of carbonyl (C=O) groups excluding carboxylic acids is 1. The molecule has 128 valence electrons. The van der Waals surface area contributed by atoms with Crippen LogP contribution < -0.4 is 5.73 Å². The molecule has 2 N–H and O–H groups in total. The van der Waals surface area contributed by atoms with Crippen LogP contribution in [0.15, 0.2) is 24.5 Å². The van der Waals surface area contributed by atoms with E-state index < -0.39 is 0 Å². The maximum absolute atomic E-state index is 13.2. The Labute approximate surface area is 145 Å². The van der Waals surface area contributed by atoms with Gasteiger partial charge in [-0.1, -0.05) is 19.3 Å². The first-order valence-corrected chi connectivity index (χ1v) is 8.71. The second-order valence-corrected chi connectivity index (χ2v) is 6.71. The molecule has 0 radical (unpaired) electrons. The van der Waals surface area contributed by atoms with E-state index in [1.165, 1.54) is 18.4 Å². The molecule has 0 aromatic carbocycles. The van der Waals surface area contributed by atoms with Crippen molar-refractivity contribution < 1.29 is 4.79 Å². The van der Waals surface area contributed by atoms with Gasteiger partial charge in [-0.05, 0) is 55.8 Å². The van der Waals surface area contributed by atoms with Crippen LogP contribution in [0.25, 0.3) is 0 Å². The highest BCUT2D eigenvalue weighted by Crippen LogP contribution is 2.37. The maximum atomic E-state index is 13.2. The fraction of sp³-hybridized carbons (Fsp3) is 0.667. The number of hydrogen-bond donors (Lipinski definition) is 1. The van der Waals surface area contributed by atoms with Gasteiger partial charge in [-0.3, -0.25) is 9.78 Å². The normalized spacial score (nSPS) is 28.0. The van der Waals surface area contributed by atoms with E-state index in [4.69, 9.17) is 5.73 Å². The number of nitrogens with zero attached hydrogens (tertiary/aromatic N) is 2. The molecule has 1 aliphatic carbocycles. The van der Waals surface area contributed by atoms with E-state index >= 15 is 0 Å². The summed E-state index contributed by atoms with van der Waals surface area (Å²) in [5.41, 5.74) is 7.12. The van der Waals surface area contributed by atoms with E-state index in [1.54, 1.807) is 0 Å². The molecule has 4 nitrogen and oxygen atoms in total. The summed E-state index contributed by atoms with van der Waals surface area (Å²) in [6.45, 7) is 1.53. The Balaban J connectivity index is 0.00000192. The van der Waals surface area contributed by atoms with Gasteiger partial charge in [-0.25, -0.2) is 0 Å². The molecule has 2 heterocycles. The molecule has 2 fully saturated rings. The number of rotatable bonds is 3. The molecule has 1 aliphatic heterocycles. The maximum Gasteiger partial charge on any atom is 0.226 e. The van der Waals surface area contributed by atoms with Crippen molar-refractivity contribution in [2.45, 2.75) is 51.0 Å². The number of nitrogens with two attached hydrogens (primary N) is 1. The molecule has 1 unspecified atom stereocenters. The first-order chi connectivity index (χ1) is 10.8. The molecule has 0 bridgehead atoms. The number of pyridine rings is 1. The second-order valence-electron chi connectivity index (χ2n) is 6.71. The second kappa shape index (κ2) is 8.65. The van der Waals surface area contributed by atoms with Crippen molar-refractivity contribution in [3.63, 3.8) is 0 Å². The van der Waals surface area contributed by atoms with Crippen molar-refractivity contribution in [3.8, 4) is 0 Å². The summed E-state index contributed by atoms with van der Waals surface area (Å²) in [7, 11) is 0. The average Bonchev–Trinajstić information content (AvgIpc) is 2.91. The van der Waals surface area contributed by atoms with Crippen molar-refractivity contribution in [3.05, 3.63) is 30.1 Å². The summed E-state index contributed by atoms with van der Waals surface area (Å²) >= 11 is 0. The first kappa shape index (κ1) is 18.2. The zero-order valence-corrected chi connectivity index (χ0v) is 14.5. The molecule has 1 amide bonds. The Bertz CT molecular complexity index is 496. The summed E-state index contributed by atoms with van der Waals surface area (Å²) in [5, 5.41) is 0. The lowest BCUT2D eigenvalue weighted by molar-refractivity contribution is -0.139. The molecule has 1 aromatic rings. The van der Waals surface area contributed by atoms with Gasteiger partial charge < -0.3 is 10.6 Å². The van der Waals surface area contributed by atoms with Gasteiger partial charge in [0, 0.05) is 24.9 Å². The van der Waals surface area contributed by atoms with Gasteiger partial charge in [0.25, 0.3) is 0 Å². The number of hydrogen-bond acceptors (Lipinski definition) is 3. The van der Waals surface area contributed by atoms with Crippen LogP contribution in [0.4, 0.5) is 0 Å². The lowest BCUT2D eigenvalue weighted by Crippen LogP contribution is -2.41. The van der Waals surface area contributed by atoms with Gasteiger partial charge in [0.15, 0.2) is 0 Å². The minimum atomic E-state index is 0. The van der Waals surface area contributed by atoms with Crippen LogP contribution in [0.2, 0.25) is 0 Å². The third-order valence-corrected chi connectivity index (χ3v) is 5.41. The molecule has 1 saturated carbocycles. The van der Waals surface area contributed by atoms with Crippen molar-refractivity contribution in [1.29, 1.82) is 0 Å². The topological polar surface area (TPSA) is 59.2 Å². The van der Waals surface area contributed by atoms with Crippen molar-refractivity contribution in [2.24, 2.45) is 17.6 Å². The standard InChI is InChI=1S/C18H27N3O.ClH/c19-13-15-5-4-6-16(15)18(22)21-12-3-1-2-7-17(21)14-8-10-20-11-9-14;/h8-11,15-17H,1-7,12-13,19H2;1H/t15-,16-,17?;/m1./s1. The zero-order chi connectivity index (χ0) is 15.4. The van der Waals surface area contributed by atoms with Crippen LogP contribution in [0.1, 0.15) is 56.6 Å².